The Hall–Kier alpha value is -2.20. The predicted molar refractivity (Wildman–Crippen MR) is 96.1 cm³/mol. The van der Waals surface area contributed by atoms with Gasteiger partial charge in [-0.1, -0.05) is 29.8 Å². The quantitative estimate of drug-likeness (QED) is 0.794. The molecular weight excluding hydrogens is 326 g/mol. The van der Waals surface area contributed by atoms with Gasteiger partial charge < -0.3 is 14.8 Å². The lowest BCUT2D eigenvalue weighted by Crippen LogP contribution is -2.26. The van der Waals surface area contributed by atoms with Crippen LogP contribution in [0.15, 0.2) is 42.5 Å². The van der Waals surface area contributed by atoms with Crippen LogP contribution in [0.2, 0.25) is 5.02 Å². The first-order chi connectivity index (χ1) is 11.6. The Morgan fingerprint density at radius 2 is 1.67 bits per heavy atom. The van der Waals surface area contributed by atoms with Gasteiger partial charge in [0.1, 0.15) is 0 Å². The average Bonchev–Trinajstić information content (AvgIpc) is 2.58. The topological polar surface area (TPSA) is 47.6 Å². The zero-order valence-corrected chi connectivity index (χ0v) is 14.9. The van der Waals surface area contributed by atoms with Crippen LogP contribution in [0.1, 0.15) is 42.7 Å². The minimum atomic E-state index is -0.264. The molecule has 0 fully saturated rings. The first kappa shape index (κ1) is 18.1. The van der Waals surface area contributed by atoms with Gasteiger partial charge >= 0.3 is 0 Å². The van der Waals surface area contributed by atoms with Gasteiger partial charge in [-0.15, -0.1) is 0 Å². The second-order valence-corrected chi connectivity index (χ2v) is 5.65. The second-order valence-electron chi connectivity index (χ2n) is 5.25. The molecule has 0 aliphatic carbocycles. The molecule has 4 nitrogen and oxygen atoms in total. The number of carbonyl (C=O) groups excluding carboxylic acids is 1. The fraction of sp³-hybridized carbons (Fsp3) is 0.316. The van der Waals surface area contributed by atoms with Gasteiger partial charge in [-0.25, -0.2) is 0 Å². The normalized spacial score (nSPS) is 11.7. The van der Waals surface area contributed by atoms with Crippen LogP contribution in [0.4, 0.5) is 0 Å². The number of amides is 1. The molecule has 0 aliphatic heterocycles. The number of hydrogen-bond donors (Lipinski definition) is 1. The maximum atomic E-state index is 12.3. The highest BCUT2D eigenvalue weighted by Crippen LogP contribution is 2.36. The van der Waals surface area contributed by atoms with E-state index in [1.54, 1.807) is 18.2 Å². The summed E-state index contributed by atoms with van der Waals surface area (Å²) in [6, 6.07) is 12.4. The Bertz CT molecular complexity index is 689. The summed E-state index contributed by atoms with van der Waals surface area (Å²) in [5.41, 5.74) is 1.39. The molecule has 128 valence electrons. The molecule has 1 unspecified atom stereocenters. The van der Waals surface area contributed by atoms with E-state index in [0.29, 0.717) is 35.3 Å². The van der Waals surface area contributed by atoms with Crippen LogP contribution in [0.3, 0.4) is 0 Å². The molecule has 0 heterocycles. The summed E-state index contributed by atoms with van der Waals surface area (Å²) in [6.07, 6.45) is 0. The predicted octanol–water partition coefficient (Wildman–Crippen LogP) is 4.63. The van der Waals surface area contributed by atoms with Crippen LogP contribution in [-0.2, 0) is 0 Å². The number of hydrogen-bond acceptors (Lipinski definition) is 3. The SMILES string of the molecule is CCOc1cc(Cl)c(C(C)NC(=O)c2ccccc2)cc1OCC. The molecule has 1 N–H and O–H groups in total. The van der Waals surface area contributed by atoms with Gasteiger partial charge in [0.05, 0.1) is 19.3 Å². The smallest absolute Gasteiger partial charge is 0.251 e. The van der Waals surface area contributed by atoms with Gasteiger partial charge in [0, 0.05) is 16.7 Å². The number of nitrogens with one attached hydrogen (secondary N) is 1. The highest BCUT2D eigenvalue weighted by atomic mass is 35.5. The first-order valence-corrected chi connectivity index (χ1v) is 8.39. The molecule has 2 aromatic rings. The lowest BCUT2D eigenvalue weighted by atomic mass is 10.1. The van der Waals surface area contributed by atoms with E-state index < -0.39 is 0 Å². The molecule has 5 heteroatoms. The highest BCUT2D eigenvalue weighted by Gasteiger charge is 2.18. The summed E-state index contributed by atoms with van der Waals surface area (Å²) in [7, 11) is 0. The average molecular weight is 348 g/mol. The van der Waals surface area contributed by atoms with E-state index in [-0.39, 0.29) is 11.9 Å². The van der Waals surface area contributed by atoms with Crippen LogP contribution < -0.4 is 14.8 Å². The van der Waals surface area contributed by atoms with Gasteiger partial charge in [0.15, 0.2) is 11.5 Å². The molecular formula is C19H22ClNO3. The van der Waals surface area contributed by atoms with Crippen LogP contribution in [0, 0.1) is 0 Å². The summed E-state index contributed by atoms with van der Waals surface area (Å²) in [4.78, 5) is 12.3. The van der Waals surface area contributed by atoms with Gasteiger partial charge in [0.25, 0.3) is 5.91 Å². The van der Waals surface area contributed by atoms with E-state index in [4.69, 9.17) is 21.1 Å². The van der Waals surface area contributed by atoms with Crippen molar-refractivity contribution in [2.45, 2.75) is 26.8 Å². The Balaban J connectivity index is 2.23. The minimum Gasteiger partial charge on any atom is -0.490 e. The summed E-state index contributed by atoms with van der Waals surface area (Å²) >= 11 is 6.37. The van der Waals surface area contributed by atoms with E-state index >= 15 is 0 Å². The van der Waals surface area contributed by atoms with E-state index in [0.717, 1.165) is 5.56 Å². The summed E-state index contributed by atoms with van der Waals surface area (Å²) < 4.78 is 11.2. The molecule has 0 aromatic heterocycles. The molecule has 2 aromatic carbocycles. The molecule has 0 spiro atoms. The summed E-state index contributed by atoms with van der Waals surface area (Å²) in [6.45, 7) is 6.74. The molecule has 24 heavy (non-hydrogen) atoms. The number of halogens is 1. The molecule has 1 amide bonds. The van der Waals surface area contributed by atoms with E-state index in [1.165, 1.54) is 0 Å². The minimum absolute atomic E-state index is 0.147. The van der Waals surface area contributed by atoms with Crippen molar-refractivity contribution in [1.29, 1.82) is 0 Å². The number of ether oxygens (including phenoxy) is 2. The standard InChI is InChI=1S/C19H22ClNO3/c1-4-23-17-11-15(16(20)12-18(17)24-5-2)13(3)21-19(22)14-9-7-6-8-10-14/h6-13H,4-5H2,1-3H3,(H,21,22). The van der Waals surface area contributed by atoms with E-state index in [1.807, 2.05) is 45.0 Å². The van der Waals surface area contributed by atoms with Crippen LogP contribution in [0.25, 0.3) is 0 Å². The highest BCUT2D eigenvalue weighted by molar-refractivity contribution is 6.31. The van der Waals surface area contributed by atoms with Gasteiger partial charge in [-0.2, -0.15) is 0 Å². The summed E-state index contributed by atoms with van der Waals surface area (Å²) in [5, 5.41) is 3.48. The first-order valence-electron chi connectivity index (χ1n) is 8.01. The lowest BCUT2D eigenvalue weighted by molar-refractivity contribution is 0.0940. The van der Waals surface area contributed by atoms with E-state index in [9.17, 15) is 4.79 Å². The second kappa shape index (κ2) is 8.60. The zero-order valence-electron chi connectivity index (χ0n) is 14.1. The third-order valence-electron chi connectivity index (χ3n) is 3.51. The fourth-order valence-electron chi connectivity index (χ4n) is 2.37. The van der Waals surface area contributed by atoms with Crippen LogP contribution >= 0.6 is 11.6 Å². The molecule has 0 bridgehead atoms. The summed E-state index contributed by atoms with van der Waals surface area (Å²) in [5.74, 6) is 1.08. The molecule has 0 radical (unpaired) electrons. The zero-order chi connectivity index (χ0) is 17.5. The maximum absolute atomic E-state index is 12.3. The van der Waals surface area contributed by atoms with Crippen LogP contribution in [-0.4, -0.2) is 19.1 Å². The Kier molecular flexibility index (Phi) is 6.50. The van der Waals surface area contributed by atoms with Crippen molar-refractivity contribution in [2.75, 3.05) is 13.2 Å². The van der Waals surface area contributed by atoms with Crippen molar-refractivity contribution in [1.82, 2.24) is 5.32 Å². The van der Waals surface area contributed by atoms with Gasteiger partial charge in [-0.3, -0.25) is 4.79 Å². The largest absolute Gasteiger partial charge is 0.490 e. The van der Waals surface area contributed by atoms with Crippen molar-refractivity contribution >= 4 is 17.5 Å². The van der Waals surface area contributed by atoms with E-state index in [2.05, 4.69) is 5.32 Å². The maximum Gasteiger partial charge on any atom is 0.251 e. The van der Waals surface area contributed by atoms with Crippen molar-refractivity contribution in [2.24, 2.45) is 0 Å². The van der Waals surface area contributed by atoms with Crippen molar-refractivity contribution in [3.8, 4) is 11.5 Å². The lowest BCUT2D eigenvalue weighted by Gasteiger charge is -2.19. The third kappa shape index (κ3) is 4.42. The third-order valence-corrected chi connectivity index (χ3v) is 3.84. The Morgan fingerprint density at radius 1 is 1.08 bits per heavy atom. The van der Waals surface area contributed by atoms with Crippen molar-refractivity contribution < 1.29 is 14.3 Å². The number of rotatable bonds is 7. The molecule has 2 rings (SSSR count). The van der Waals surface area contributed by atoms with Gasteiger partial charge in [-0.05, 0) is 44.5 Å². The molecule has 1 atom stereocenters. The molecule has 0 saturated heterocycles. The Labute approximate surface area is 147 Å². The fourth-order valence-corrected chi connectivity index (χ4v) is 2.68. The van der Waals surface area contributed by atoms with Crippen LogP contribution in [0.5, 0.6) is 11.5 Å². The van der Waals surface area contributed by atoms with Gasteiger partial charge in [0.2, 0.25) is 0 Å². The Morgan fingerprint density at radius 3 is 2.25 bits per heavy atom. The molecule has 0 saturated carbocycles. The molecule has 0 aliphatic rings. The van der Waals surface area contributed by atoms with Crippen molar-refractivity contribution in [3.63, 3.8) is 0 Å². The van der Waals surface area contributed by atoms with Crippen molar-refractivity contribution in [3.05, 3.63) is 58.6 Å². The number of benzene rings is 2. The number of carbonyl (C=O) groups is 1. The monoisotopic (exact) mass is 347 g/mol.